The number of ether oxygens (including phenoxy) is 1. The fraction of sp³-hybridized carbons (Fsp3) is 1.00. The van der Waals surface area contributed by atoms with E-state index in [1.165, 1.54) is 0 Å². The average Bonchev–Trinajstić information content (AvgIpc) is 1.61. The van der Waals surface area contributed by atoms with Gasteiger partial charge in [0.2, 0.25) is 0 Å². The molecule has 0 spiro atoms. The molecule has 0 aromatic heterocycles. The minimum Gasteiger partial charge on any atom is -0.368 e. The molecule has 6 heavy (non-hydrogen) atoms. The molecule has 0 saturated heterocycles. The second-order valence-electron chi connectivity index (χ2n) is 0.958. The maximum Gasteiger partial charge on any atom is 0.112 e. The molecule has 2 heteroatoms. The summed E-state index contributed by atoms with van der Waals surface area (Å²) < 4.78 is 4.62. The number of nitrogens with zero attached hydrogens (tertiary/aromatic N) is 1. The highest BCUT2D eigenvalue weighted by molar-refractivity contribution is 4.22. The molecule has 0 aliphatic carbocycles. The lowest BCUT2D eigenvalue weighted by molar-refractivity contribution is 0.174. The normalized spacial score (nSPS) is 9.00. The minimum absolute atomic E-state index is 0.538. The lowest BCUT2D eigenvalue weighted by Crippen LogP contribution is -2.06. The van der Waals surface area contributed by atoms with Crippen LogP contribution in [0.25, 0.3) is 0 Å². The molecule has 0 unspecified atom stereocenters. The molecule has 0 rings (SSSR count). The SMILES string of the molecule is CC[N]COC. The standard InChI is InChI=1S/C4H10NO/c1-3-5-4-6-2/h3-4H2,1-2H3. The smallest absolute Gasteiger partial charge is 0.112 e. The van der Waals surface area contributed by atoms with E-state index in [9.17, 15) is 0 Å². The van der Waals surface area contributed by atoms with E-state index in [1.807, 2.05) is 6.92 Å². The lowest BCUT2D eigenvalue weighted by Gasteiger charge is -1.90. The van der Waals surface area contributed by atoms with Gasteiger partial charge in [-0.25, -0.2) is 5.32 Å². The average molecular weight is 88.1 g/mol. The van der Waals surface area contributed by atoms with Crippen molar-refractivity contribution in [2.24, 2.45) is 0 Å². The molecule has 0 N–H and O–H groups in total. The van der Waals surface area contributed by atoms with Gasteiger partial charge in [-0.2, -0.15) is 0 Å². The van der Waals surface area contributed by atoms with E-state index in [0.29, 0.717) is 6.73 Å². The van der Waals surface area contributed by atoms with Gasteiger partial charge < -0.3 is 4.74 Å². The van der Waals surface area contributed by atoms with Gasteiger partial charge in [0.25, 0.3) is 0 Å². The van der Waals surface area contributed by atoms with E-state index in [1.54, 1.807) is 7.11 Å². The molecule has 0 heterocycles. The second kappa shape index (κ2) is 4.92. The van der Waals surface area contributed by atoms with Crippen molar-refractivity contribution in [1.82, 2.24) is 5.32 Å². The van der Waals surface area contributed by atoms with Gasteiger partial charge in [-0.3, -0.25) is 0 Å². The lowest BCUT2D eigenvalue weighted by atomic mass is 10.8. The zero-order valence-corrected chi connectivity index (χ0v) is 4.27. The topological polar surface area (TPSA) is 23.3 Å². The van der Waals surface area contributed by atoms with Crippen molar-refractivity contribution in [3.63, 3.8) is 0 Å². The Hall–Kier alpha value is -0.0800. The fourth-order valence-electron chi connectivity index (χ4n) is 0.183. The third-order valence-corrected chi connectivity index (χ3v) is 0.444. The quantitative estimate of drug-likeness (QED) is 0.452. The zero-order valence-electron chi connectivity index (χ0n) is 4.27. The Morgan fingerprint density at radius 3 is 2.50 bits per heavy atom. The summed E-state index contributed by atoms with van der Waals surface area (Å²) in [6, 6.07) is 0. The molecule has 1 radical (unpaired) electrons. The van der Waals surface area contributed by atoms with Crippen LogP contribution in [0.15, 0.2) is 0 Å². The molecule has 0 aliphatic heterocycles. The Balaban J connectivity index is 2.34. The third kappa shape index (κ3) is 3.92. The highest BCUT2D eigenvalue weighted by Crippen LogP contribution is 1.59. The van der Waals surface area contributed by atoms with Gasteiger partial charge in [-0.1, -0.05) is 6.92 Å². The zero-order chi connectivity index (χ0) is 4.83. The van der Waals surface area contributed by atoms with Crippen LogP contribution in [0.1, 0.15) is 6.92 Å². The number of methoxy groups -OCH3 is 1. The molecular formula is C4H10NO. The van der Waals surface area contributed by atoms with Crippen LogP contribution in [0, 0.1) is 0 Å². The van der Waals surface area contributed by atoms with Crippen LogP contribution in [-0.4, -0.2) is 20.4 Å². The highest BCUT2D eigenvalue weighted by Gasteiger charge is 1.72. The largest absolute Gasteiger partial charge is 0.368 e. The fourth-order valence-corrected chi connectivity index (χ4v) is 0.183. The molecule has 0 aliphatic rings. The first-order valence-corrected chi connectivity index (χ1v) is 2.04. The Labute approximate surface area is 38.5 Å². The number of rotatable bonds is 3. The van der Waals surface area contributed by atoms with Crippen LogP contribution >= 0.6 is 0 Å². The monoisotopic (exact) mass is 88.1 g/mol. The van der Waals surface area contributed by atoms with Crippen LogP contribution in [-0.2, 0) is 4.74 Å². The van der Waals surface area contributed by atoms with Gasteiger partial charge in [0.1, 0.15) is 6.73 Å². The summed E-state index contributed by atoms with van der Waals surface area (Å²) in [6.45, 7) is 3.38. The van der Waals surface area contributed by atoms with E-state index < -0.39 is 0 Å². The maximum absolute atomic E-state index is 4.62. The van der Waals surface area contributed by atoms with E-state index >= 15 is 0 Å². The van der Waals surface area contributed by atoms with Gasteiger partial charge in [0, 0.05) is 13.7 Å². The molecule has 0 amide bonds. The van der Waals surface area contributed by atoms with Crippen LogP contribution in [0.4, 0.5) is 0 Å². The Bertz CT molecular complexity index is 19.5. The van der Waals surface area contributed by atoms with Crippen molar-refractivity contribution in [3.05, 3.63) is 0 Å². The molecule has 0 bridgehead atoms. The summed E-state index contributed by atoms with van der Waals surface area (Å²) in [6.07, 6.45) is 0. The first-order valence-electron chi connectivity index (χ1n) is 2.04. The van der Waals surface area contributed by atoms with E-state index in [4.69, 9.17) is 0 Å². The minimum atomic E-state index is 0.538. The molecule has 0 atom stereocenters. The van der Waals surface area contributed by atoms with Crippen molar-refractivity contribution >= 4 is 0 Å². The van der Waals surface area contributed by atoms with Crippen LogP contribution in [0.2, 0.25) is 0 Å². The summed E-state index contributed by atoms with van der Waals surface area (Å²) in [5, 5.41) is 3.87. The van der Waals surface area contributed by atoms with Crippen molar-refractivity contribution < 1.29 is 4.74 Å². The molecular weight excluding hydrogens is 78.0 g/mol. The van der Waals surface area contributed by atoms with Crippen molar-refractivity contribution in [2.75, 3.05) is 20.4 Å². The maximum atomic E-state index is 4.62. The van der Waals surface area contributed by atoms with Gasteiger partial charge in [0.05, 0.1) is 0 Å². The van der Waals surface area contributed by atoms with Gasteiger partial charge >= 0.3 is 0 Å². The van der Waals surface area contributed by atoms with Gasteiger partial charge in [0.15, 0.2) is 0 Å². The van der Waals surface area contributed by atoms with Crippen molar-refractivity contribution in [3.8, 4) is 0 Å². The van der Waals surface area contributed by atoms with Crippen molar-refractivity contribution in [2.45, 2.75) is 6.92 Å². The van der Waals surface area contributed by atoms with Crippen molar-refractivity contribution in [1.29, 1.82) is 0 Å². The van der Waals surface area contributed by atoms with E-state index in [2.05, 4.69) is 10.1 Å². The molecule has 2 nitrogen and oxygen atoms in total. The summed E-state index contributed by atoms with van der Waals surface area (Å²) in [5.74, 6) is 0. The number of hydrogen-bond acceptors (Lipinski definition) is 1. The van der Waals surface area contributed by atoms with E-state index in [-0.39, 0.29) is 0 Å². The van der Waals surface area contributed by atoms with E-state index in [0.717, 1.165) is 6.54 Å². The first kappa shape index (κ1) is 5.92. The Kier molecular flexibility index (Phi) is 4.85. The molecule has 0 aromatic rings. The van der Waals surface area contributed by atoms with Crippen LogP contribution < -0.4 is 5.32 Å². The summed E-state index contributed by atoms with van der Waals surface area (Å²) in [7, 11) is 1.64. The molecule has 0 fully saturated rings. The Morgan fingerprint density at radius 2 is 2.33 bits per heavy atom. The molecule has 0 saturated carbocycles. The summed E-state index contributed by atoms with van der Waals surface area (Å²) in [5.41, 5.74) is 0. The van der Waals surface area contributed by atoms with Crippen LogP contribution in [0.3, 0.4) is 0 Å². The third-order valence-electron chi connectivity index (χ3n) is 0.444. The van der Waals surface area contributed by atoms with Crippen LogP contribution in [0.5, 0.6) is 0 Å². The summed E-state index contributed by atoms with van der Waals surface area (Å²) >= 11 is 0. The van der Waals surface area contributed by atoms with Gasteiger partial charge in [-0.05, 0) is 0 Å². The predicted molar refractivity (Wildman–Crippen MR) is 24.6 cm³/mol. The Morgan fingerprint density at radius 1 is 1.67 bits per heavy atom. The molecule has 0 aromatic carbocycles. The summed E-state index contributed by atoms with van der Waals surface area (Å²) in [4.78, 5) is 0. The second-order valence-corrected chi connectivity index (χ2v) is 0.958. The highest BCUT2D eigenvalue weighted by atomic mass is 16.5. The van der Waals surface area contributed by atoms with Gasteiger partial charge in [-0.15, -0.1) is 0 Å². The number of hydrogen-bond donors (Lipinski definition) is 0. The predicted octanol–water partition coefficient (Wildman–Crippen LogP) is 0.215. The first-order chi connectivity index (χ1) is 2.91. The molecule has 37 valence electrons.